The van der Waals surface area contributed by atoms with Crippen LogP contribution >= 0.6 is 22.9 Å². The van der Waals surface area contributed by atoms with Crippen molar-refractivity contribution in [3.63, 3.8) is 0 Å². The number of rotatable bonds is 4. The minimum atomic E-state index is 0.0832. The summed E-state index contributed by atoms with van der Waals surface area (Å²) >= 11 is 7.46. The summed E-state index contributed by atoms with van der Waals surface area (Å²) in [6, 6.07) is 7.97. The quantitative estimate of drug-likeness (QED) is 0.897. The van der Waals surface area contributed by atoms with E-state index in [0.717, 1.165) is 29.1 Å². The van der Waals surface area contributed by atoms with Gasteiger partial charge in [-0.05, 0) is 25.0 Å². The Morgan fingerprint density at radius 3 is 2.68 bits per heavy atom. The van der Waals surface area contributed by atoms with E-state index in [1.807, 2.05) is 29.6 Å². The summed E-state index contributed by atoms with van der Waals surface area (Å²) in [5.74, 6) is 0.0832. The number of carbonyl (C=O) groups excluding carboxylic acids is 1. The van der Waals surface area contributed by atoms with Crippen LogP contribution in [-0.2, 0) is 11.2 Å². The Hall–Kier alpha value is -1.39. The van der Waals surface area contributed by atoms with Gasteiger partial charge in [0, 0.05) is 22.0 Å². The number of aromatic nitrogens is 1. The van der Waals surface area contributed by atoms with E-state index in [1.165, 1.54) is 19.3 Å². The van der Waals surface area contributed by atoms with Gasteiger partial charge >= 0.3 is 0 Å². The van der Waals surface area contributed by atoms with Crippen molar-refractivity contribution in [2.24, 2.45) is 0 Å². The molecule has 1 aromatic heterocycles. The van der Waals surface area contributed by atoms with E-state index in [9.17, 15) is 4.79 Å². The van der Waals surface area contributed by atoms with Crippen LogP contribution in [0, 0.1) is 0 Å². The third-order valence-corrected chi connectivity index (χ3v) is 5.15. The predicted molar refractivity (Wildman–Crippen MR) is 91.3 cm³/mol. The molecule has 0 spiro atoms. The number of nitrogens with zero attached hydrogens (tertiary/aromatic N) is 1. The van der Waals surface area contributed by atoms with Crippen LogP contribution in [0.1, 0.15) is 37.8 Å². The second-order valence-electron chi connectivity index (χ2n) is 5.73. The van der Waals surface area contributed by atoms with Crippen molar-refractivity contribution in [3.05, 3.63) is 40.4 Å². The molecule has 3 rings (SSSR count). The van der Waals surface area contributed by atoms with Crippen molar-refractivity contribution in [3.8, 4) is 10.6 Å². The van der Waals surface area contributed by atoms with E-state index in [1.54, 1.807) is 11.3 Å². The van der Waals surface area contributed by atoms with E-state index < -0.39 is 0 Å². The van der Waals surface area contributed by atoms with Gasteiger partial charge in [0.2, 0.25) is 5.91 Å². The smallest absolute Gasteiger partial charge is 0.226 e. The molecule has 1 aliphatic rings. The summed E-state index contributed by atoms with van der Waals surface area (Å²) in [6.45, 7) is 0. The van der Waals surface area contributed by atoms with Crippen LogP contribution in [0.2, 0.25) is 5.02 Å². The van der Waals surface area contributed by atoms with Gasteiger partial charge in [0.1, 0.15) is 5.01 Å². The van der Waals surface area contributed by atoms with Crippen molar-refractivity contribution in [1.82, 2.24) is 10.3 Å². The number of hydrogen-bond acceptors (Lipinski definition) is 3. The molecule has 5 heteroatoms. The van der Waals surface area contributed by atoms with Crippen LogP contribution in [0.15, 0.2) is 29.6 Å². The second kappa shape index (κ2) is 7.25. The molecule has 3 nitrogen and oxygen atoms in total. The van der Waals surface area contributed by atoms with Crippen molar-refractivity contribution in [1.29, 1.82) is 0 Å². The zero-order valence-electron chi connectivity index (χ0n) is 12.3. The first-order valence-electron chi connectivity index (χ1n) is 7.70. The molecule has 116 valence electrons. The number of carbonyl (C=O) groups is 1. The monoisotopic (exact) mass is 334 g/mol. The Kier molecular flexibility index (Phi) is 5.11. The molecule has 1 fully saturated rings. The molecule has 1 N–H and O–H groups in total. The van der Waals surface area contributed by atoms with Crippen LogP contribution in [0.5, 0.6) is 0 Å². The molecule has 1 heterocycles. The largest absolute Gasteiger partial charge is 0.353 e. The third-order valence-electron chi connectivity index (χ3n) is 3.95. The maximum Gasteiger partial charge on any atom is 0.226 e. The van der Waals surface area contributed by atoms with Gasteiger partial charge in [-0.25, -0.2) is 4.98 Å². The summed E-state index contributed by atoms with van der Waals surface area (Å²) < 4.78 is 0. The van der Waals surface area contributed by atoms with Gasteiger partial charge in [-0.15, -0.1) is 11.3 Å². The lowest BCUT2D eigenvalue weighted by atomic mass is 9.95. The Bertz CT molecular complexity index is 632. The number of thiazole rings is 1. The fourth-order valence-electron chi connectivity index (χ4n) is 2.80. The molecule has 0 unspecified atom stereocenters. The molecule has 22 heavy (non-hydrogen) atoms. The van der Waals surface area contributed by atoms with Gasteiger partial charge in [0.15, 0.2) is 0 Å². The SMILES string of the molecule is O=C(Cc1csc(-c2ccc(Cl)cc2)n1)NC1CCCCC1. The minimum Gasteiger partial charge on any atom is -0.353 e. The lowest BCUT2D eigenvalue weighted by Gasteiger charge is -2.22. The Labute approximate surface area is 139 Å². The highest BCUT2D eigenvalue weighted by Gasteiger charge is 2.16. The fourth-order valence-corrected chi connectivity index (χ4v) is 3.76. The maximum atomic E-state index is 12.1. The van der Waals surface area contributed by atoms with E-state index in [0.29, 0.717) is 17.5 Å². The molecule has 0 saturated heterocycles. The average molecular weight is 335 g/mol. The summed E-state index contributed by atoms with van der Waals surface area (Å²) in [4.78, 5) is 16.7. The Balaban J connectivity index is 1.59. The lowest BCUT2D eigenvalue weighted by molar-refractivity contribution is -0.121. The maximum absolute atomic E-state index is 12.1. The summed E-state index contributed by atoms with van der Waals surface area (Å²) in [5, 5.41) is 6.74. The Morgan fingerprint density at radius 2 is 1.95 bits per heavy atom. The van der Waals surface area contributed by atoms with Gasteiger partial charge in [-0.1, -0.05) is 43.0 Å². The van der Waals surface area contributed by atoms with Gasteiger partial charge in [0.25, 0.3) is 0 Å². The van der Waals surface area contributed by atoms with Gasteiger partial charge in [0.05, 0.1) is 12.1 Å². The Morgan fingerprint density at radius 1 is 1.23 bits per heavy atom. The van der Waals surface area contributed by atoms with Crippen molar-refractivity contribution >= 4 is 28.8 Å². The molecule has 0 atom stereocenters. The molecule has 0 radical (unpaired) electrons. The molecule has 1 aliphatic carbocycles. The second-order valence-corrected chi connectivity index (χ2v) is 7.02. The first-order valence-corrected chi connectivity index (χ1v) is 8.96. The minimum absolute atomic E-state index is 0.0832. The summed E-state index contributed by atoms with van der Waals surface area (Å²) in [7, 11) is 0. The van der Waals surface area contributed by atoms with Crippen LogP contribution in [0.25, 0.3) is 10.6 Å². The first kappa shape index (κ1) is 15.5. The summed E-state index contributed by atoms with van der Waals surface area (Å²) in [5.41, 5.74) is 1.87. The first-order chi connectivity index (χ1) is 10.7. The summed E-state index contributed by atoms with van der Waals surface area (Å²) in [6.07, 6.45) is 6.33. The highest BCUT2D eigenvalue weighted by atomic mass is 35.5. The van der Waals surface area contributed by atoms with E-state index in [4.69, 9.17) is 11.6 Å². The number of amides is 1. The zero-order valence-corrected chi connectivity index (χ0v) is 13.9. The van der Waals surface area contributed by atoms with Crippen LogP contribution in [0.3, 0.4) is 0 Å². The molecule has 0 aliphatic heterocycles. The molecular weight excluding hydrogens is 316 g/mol. The molecule has 1 amide bonds. The number of nitrogens with one attached hydrogen (secondary N) is 1. The fraction of sp³-hybridized carbons (Fsp3) is 0.412. The van der Waals surface area contributed by atoms with E-state index in [2.05, 4.69) is 10.3 Å². The molecular formula is C17H19ClN2OS. The molecule has 0 bridgehead atoms. The lowest BCUT2D eigenvalue weighted by Crippen LogP contribution is -2.37. The van der Waals surface area contributed by atoms with Crippen molar-refractivity contribution < 1.29 is 4.79 Å². The van der Waals surface area contributed by atoms with E-state index >= 15 is 0 Å². The van der Waals surface area contributed by atoms with Gasteiger partial charge < -0.3 is 5.32 Å². The third kappa shape index (κ3) is 4.08. The van der Waals surface area contributed by atoms with Gasteiger partial charge in [-0.3, -0.25) is 4.79 Å². The zero-order chi connectivity index (χ0) is 15.4. The number of benzene rings is 1. The highest BCUT2D eigenvalue weighted by Crippen LogP contribution is 2.25. The molecule has 2 aromatic rings. The highest BCUT2D eigenvalue weighted by molar-refractivity contribution is 7.13. The van der Waals surface area contributed by atoms with Crippen LogP contribution in [0.4, 0.5) is 0 Å². The predicted octanol–water partition coefficient (Wildman–Crippen LogP) is 4.45. The van der Waals surface area contributed by atoms with Crippen molar-refractivity contribution in [2.45, 2.75) is 44.6 Å². The average Bonchev–Trinajstić information content (AvgIpc) is 2.97. The van der Waals surface area contributed by atoms with E-state index in [-0.39, 0.29) is 5.91 Å². The molecule has 1 saturated carbocycles. The topological polar surface area (TPSA) is 42.0 Å². The standard InChI is InChI=1S/C17H19ClN2OS/c18-13-8-6-12(7-9-13)17-20-15(11-22-17)10-16(21)19-14-4-2-1-3-5-14/h6-9,11,14H,1-5,10H2,(H,19,21). The normalized spacial score (nSPS) is 15.7. The number of hydrogen-bond donors (Lipinski definition) is 1. The number of halogens is 1. The van der Waals surface area contributed by atoms with Gasteiger partial charge in [-0.2, -0.15) is 0 Å². The van der Waals surface area contributed by atoms with Crippen molar-refractivity contribution in [2.75, 3.05) is 0 Å². The van der Waals surface area contributed by atoms with Crippen LogP contribution in [-0.4, -0.2) is 16.9 Å². The molecule has 1 aromatic carbocycles. The van der Waals surface area contributed by atoms with Crippen LogP contribution < -0.4 is 5.32 Å².